The first-order chi connectivity index (χ1) is 8.11. The van der Waals surface area contributed by atoms with Gasteiger partial charge in [0.1, 0.15) is 6.04 Å². The van der Waals surface area contributed by atoms with Crippen molar-refractivity contribution < 1.29 is 9.59 Å². The molecule has 1 heterocycles. The number of carbonyl (C=O) groups is 2. The third-order valence-electron chi connectivity index (χ3n) is 3.54. The molecule has 94 valence electrons. The second kappa shape index (κ2) is 4.90. The first kappa shape index (κ1) is 12.1. The van der Waals surface area contributed by atoms with Gasteiger partial charge in [-0.2, -0.15) is 0 Å². The van der Waals surface area contributed by atoms with Gasteiger partial charge in [-0.3, -0.25) is 9.59 Å². The lowest BCUT2D eigenvalue weighted by Gasteiger charge is -2.42. The minimum absolute atomic E-state index is 0.00541. The van der Waals surface area contributed by atoms with Crippen LogP contribution in [0.2, 0.25) is 0 Å². The van der Waals surface area contributed by atoms with Gasteiger partial charge in [0.2, 0.25) is 11.8 Å². The molecule has 2 rings (SSSR count). The summed E-state index contributed by atoms with van der Waals surface area (Å²) in [6.45, 7) is 4.14. The zero-order valence-electron chi connectivity index (χ0n) is 10.5. The summed E-state index contributed by atoms with van der Waals surface area (Å²) in [5.41, 5.74) is 0. The maximum absolute atomic E-state index is 12.0. The minimum Gasteiger partial charge on any atom is -0.345 e. The zero-order valence-corrected chi connectivity index (χ0v) is 10.5. The number of rotatable bonds is 2. The van der Waals surface area contributed by atoms with Crippen molar-refractivity contribution in [2.75, 3.05) is 6.54 Å². The lowest BCUT2D eigenvalue weighted by molar-refractivity contribution is -0.150. The average Bonchev–Trinajstić information content (AvgIpc) is 2.32. The SMILES string of the molecule is CC(C)C1C(=O)NCC(=O)N1C1CC=CCC1. The number of nitrogens with one attached hydrogen (secondary N) is 1. The fourth-order valence-corrected chi connectivity index (χ4v) is 2.73. The highest BCUT2D eigenvalue weighted by atomic mass is 16.2. The average molecular weight is 236 g/mol. The maximum atomic E-state index is 12.0. The van der Waals surface area contributed by atoms with Crippen molar-refractivity contribution in [3.8, 4) is 0 Å². The van der Waals surface area contributed by atoms with Gasteiger partial charge in [0.25, 0.3) is 0 Å². The summed E-state index contributed by atoms with van der Waals surface area (Å²) in [4.78, 5) is 25.8. The number of piperazine rings is 1. The van der Waals surface area contributed by atoms with Gasteiger partial charge < -0.3 is 10.2 Å². The molecule has 2 aliphatic rings. The van der Waals surface area contributed by atoms with Crippen LogP contribution in [0.5, 0.6) is 0 Å². The minimum atomic E-state index is -0.298. The van der Waals surface area contributed by atoms with Crippen LogP contribution in [0.3, 0.4) is 0 Å². The van der Waals surface area contributed by atoms with Crippen molar-refractivity contribution in [1.29, 1.82) is 0 Å². The highest BCUT2D eigenvalue weighted by Crippen LogP contribution is 2.24. The van der Waals surface area contributed by atoms with Gasteiger partial charge in [-0.15, -0.1) is 0 Å². The summed E-state index contributed by atoms with van der Waals surface area (Å²) in [6.07, 6.45) is 7.11. The number of nitrogens with zero attached hydrogens (tertiary/aromatic N) is 1. The quantitative estimate of drug-likeness (QED) is 0.729. The summed E-state index contributed by atoms with van der Waals surface area (Å²) in [5.74, 6) is 0.211. The second-order valence-corrected chi connectivity index (χ2v) is 5.15. The van der Waals surface area contributed by atoms with Gasteiger partial charge >= 0.3 is 0 Å². The van der Waals surface area contributed by atoms with E-state index >= 15 is 0 Å². The molecule has 0 saturated carbocycles. The molecule has 0 aromatic heterocycles. The van der Waals surface area contributed by atoms with Crippen molar-refractivity contribution in [2.45, 2.75) is 45.2 Å². The first-order valence-corrected chi connectivity index (χ1v) is 6.35. The van der Waals surface area contributed by atoms with E-state index in [9.17, 15) is 9.59 Å². The van der Waals surface area contributed by atoms with E-state index < -0.39 is 0 Å². The number of amides is 2. The molecule has 1 fully saturated rings. The van der Waals surface area contributed by atoms with E-state index in [1.807, 2.05) is 18.7 Å². The number of hydrogen-bond donors (Lipinski definition) is 1. The summed E-state index contributed by atoms with van der Waals surface area (Å²) in [6, 6.07) is -0.0984. The summed E-state index contributed by atoms with van der Waals surface area (Å²) in [7, 11) is 0. The van der Waals surface area contributed by atoms with E-state index in [4.69, 9.17) is 0 Å². The lowest BCUT2D eigenvalue weighted by Crippen LogP contribution is -2.63. The van der Waals surface area contributed by atoms with Gasteiger partial charge in [0.15, 0.2) is 0 Å². The summed E-state index contributed by atoms with van der Waals surface area (Å²) in [5, 5.41) is 2.68. The van der Waals surface area contributed by atoms with Gasteiger partial charge in [0.05, 0.1) is 6.54 Å². The van der Waals surface area contributed by atoms with Crippen LogP contribution in [-0.2, 0) is 9.59 Å². The second-order valence-electron chi connectivity index (χ2n) is 5.15. The molecule has 2 unspecified atom stereocenters. The predicted molar refractivity (Wildman–Crippen MR) is 65.3 cm³/mol. The van der Waals surface area contributed by atoms with E-state index in [2.05, 4.69) is 17.5 Å². The van der Waals surface area contributed by atoms with Crippen molar-refractivity contribution >= 4 is 11.8 Å². The van der Waals surface area contributed by atoms with Crippen molar-refractivity contribution in [2.24, 2.45) is 5.92 Å². The monoisotopic (exact) mass is 236 g/mol. The van der Waals surface area contributed by atoms with Crippen LogP contribution in [0.15, 0.2) is 12.2 Å². The first-order valence-electron chi connectivity index (χ1n) is 6.35. The molecule has 0 radical (unpaired) electrons. The van der Waals surface area contributed by atoms with E-state index in [0.29, 0.717) is 0 Å². The molecule has 1 aliphatic heterocycles. The maximum Gasteiger partial charge on any atom is 0.243 e. The van der Waals surface area contributed by atoms with Crippen LogP contribution in [0, 0.1) is 5.92 Å². The Morgan fingerprint density at radius 2 is 2.12 bits per heavy atom. The van der Waals surface area contributed by atoms with E-state index in [0.717, 1.165) is 19.3 Å². The van der Waals surface area contributed by atoms with E-state index in [1.165, 1.54) is 0 Å². The number of allylic oxidation sites excluding steroid dienone is 1. The smallest absolute Gasteiger partial charge is 0.243 e. The predicted octanol–water partition coefficient (Wildman–Crippen LogP) is 1.08. The molecule has 4 nitrogen and oxygen atoms in total. The van der Waals surface area contributed by atoms with Crippen molar-refractivity contribution in [3.05, 3.63) is 12.2 Å². The molecule has 0 aromatic carbocycles. The zero-order chi connectivity index (χ0) is 12.4. The molecular weight excluding hydrogens is 216 g/mol. The van der Waals surface area contributed by atoms with E-state index in [1.54, 1.807) is 0 Å². The summed E-state index contributed by atoms with van der Waals surface area (Å²) >= 11 is 0. The van der Waals surface area contributed by atoms with Crippen molar-refractivity contribution in [3.63, 3.8) is 0 Å². The Labute approximate surface area is 102 Å². The van der Waals surface area contributed by atoms with Gasteiger partial charge in [-0.1, -0.05) is 26.0 Å². The molecule has 17 heavy (non-hydrogen) atoms. The lowest BCUT2D eigenvalue weighted by atomic mass is 9.92. The van der Waals surface area contributed by atoms with E-state index in [-0.39, 0.29) is 36.4 Å². The van der Waals surface area contributed by atoms with Crippen LogP contribution in [0.1, 0.15) is 33.1 Å². The Hall–Kier alpha value is -1.32. The Bertz CT molecular complexity index is 349. The number of hydrogen-bond acceptors (Lipinski definition) is 2. The van der Waals surface area contributed by atoms with Crippen LogP contribution >= 0.6 is 0 Å². The van der Waals surface area contributed by atoms with Gasteiger partial charge in [0, 0.05) is 6.04 Å². The Morgan fingerprint density at radius 3 is 2.71 bits per heavy atom. The topological polar surface area (TPSA) is 49.4 Å². The van der Waals surface area contributed by atoms with Gasteiger partial charge in [-0.25, -0.2) is 0 Å². The third kappa shape index (κ3) is 2.35. The largest absolute Gasteiger partial charge is 0.345 e. The third-order valence-corrected chi connectivity index (χ3v) is 3.54. The standard InChI is InChI=1S/C13H20N2O2/c1-9(2)12-13(17)14-8-11(16)15(12)10-6-4-3-5-7-10/h3-4,9-10,12H,5-8H2,1-2H3,(H,14,17). The molecule has 4 heteroatoms. The van der Waals surface area contributed by atoms with Crippen LogP contribution in [0.4, 0.5) is 0 Å². The fourth-order valence-electron chi connectivity index (χ4n) is 2.73. The highest BCUT2D eigenvalue weighted by Gasteiger charge is 2.40. The molecule has 0 aromatic rings. The van der Waals surface area contributed by atoms with Gasteiger partial charge in [-0.05, 0) is 25.2 Å². The highest BCUT2D eigenvalue weighted by molar-refractivity contribution is 5.95. The molecular formula is C13H20N2O2. The van der Waals surface area contributed by atoms with Crippen LogP contribution < -0.4 is 5.32 Å². The van der Waals surface area contributed by atoms with Crippen LogP contribution in [-0.4, -0.2) is 35.3 Å². The molecule has 1 saturated heterocycles. The summed E-state index contributed by atoms with van der Waals surface area (Å²) < 4.78 is 0. The van der Waals surface area contributed by atoms with Crippen molar-refractivity contribution in [1.82, 2.24) is 10.2 Å². The molecule has 0 bridgehead atoms. The molecule has 2 amide bonds. The number of carbonyl (C=O) groups excluding carboxylic acids is 2. The fraction of sp³-hybridized carbons (Fsp3) is 0.692. The molecule has 1 aliphatic carbocycles. The Balaban J connectivity index is 2.21. The normalized spacial score (nSPS) is 29.7. The van der Waals surface area contributed by atoms with Crippen LogP contribution in [0.25, 0.3) is 0 Å². The Morgan fingerprint density at radius 1 is 1.35 bits per heavy atom. The Kier molecular flexibility index (Phi) is 3.50. The molecule has 2 atom stereocenters. The molecule has 0 spiro atoms. The molecule has 1 N–H and O–H groups in total.